The molecule has 0 unspecified atom stereocenters. The summed E-state index contributed by atoms with van der Waals surface area (Å²) < 4.78 is 5.71. The van der Waals surface area contributed by atoms with E-state index in [4.69, 9.17) is 16.3 Å². The molecule has 0 saturated carbocycles. The van der Waals surface area contributed by atoms with Gasteiger partial charge in [-0.2, -0.15) is 0 Å². The maximum atomic E-state index is 12.8. The zero-order chi connectivity index (χ0) is 19.4. The minimum Gasteiger partial charge on any atom is -0.486 e. The summed E-state index contributed by atoms with van der Waals surface area (Å²) >= 11 is 7.23. The van der Waals surface area contributed by atoms with E-state index in [1.807, 2.05) is 11.8 Å². The second-order valence-corrected chi connectivity index (χ2v) is 7.97. The van der Waals surface area contributed by atoms with Crippen molar-refractivity contribution < 1.29 is 14.3 Å². The van der Waals surface area contributed by atoms with Crippen molar-refractivity contribution >= 4 is 34.8 Å². The van der Waals surface area contributed by atoms with Crippen LogP contribution in [0.1, 0.15) is 33.2 Å². The quantitative estimate of drug-likeness (QED) is 0.825. The van der Waals surface area contributed by atoms with E-state index in [-0.39, 0.29) is 17.7 Å². The molecule has 0 spiro atoms. The first-order valence-electron chi connectivity index (χ1n) is 8.83. The Morgan fingerprint density at radius 1 is 1.30 bits per heavy atom. The number of halogens is 1. The van der Waals surface area contributed by atoms with Crippen LogP contribution in [0.4, 0.5) is 0 Å². The first kappa shape index (κ1) is 19.6. The lowest BCUT2D eigenvalue weighted by Gasteiger charge is -2.30. The summed E-state index contributed by atoms with van der Waals surface area (Å²) in [5, 5.41) is 4.09. The van der Waals surface area contributed by atoms with Crippen molar-refractivity contribution in [2.24, 2.45) is 5.92 Å². The van der Waals surface area contributed by atoms with Gasteiger partial charge in [0.1, 0.15) is 22.2 Å². The number of benzene rings is 1. The van der Waals surface area contributed by atoms with Crippen molar-refractivity contribution in [1.29, 1.82) is 0 Å². The summed E-state index contributed by atoms with van der Waals surface area (Å²) in [7, 11) is 1.65. The van der Waals surface area contributed by atoms with Crippen LogP contribution in [0.25, 0.3) is 0 Å². The van der Waals surface area contributed by atoms with E-state index in [0.29, 0.717) is 53.9 Å². The monoisotopic (exact) mass is 407 g/mol. The van der Waals surface area contributed by atoms with E-state index in [1.165, 1.54) is 11.3 Å². The van der Waals surface area contributed by atoms with Gasteiger partial charge in [-0.25, -0.2) is 4.98 Å². The number of hydrogen-bond acceptors (Lipinski definition) is 5. The summed E-state index contributed by atoms with van der Waals surface area (Å²) in [6.07, 6.45) is 1.38. The molecule has 0 aliphatic carbocycles. The Morgan fingerprint density at radius 3 is 2.59 bits per heavy atom. The van der Waals surface area contributed by atoms with Crippen molar-refractivity contribution in [3.8, 4) is 5.75 Å². The van der Waals surface area contributed by atoms with Crippen molar-refractivity contribution in [3.63, 3.8) is 0 Å². The molecule has 2 heterocycles. The maximum Gasteiger partial charge on any atom is 0.265 e. The molecule has 1 aromatic carbocycles. The Balaban J connectivity index is 1.59. The van der Waals surface area contributed by atoms with Crippen molar-refractivity contribution in [3.05, 3.63) is 44.9 Å². The van der Waals surface area contributed by atoms with E-state index in [9.17, 15) is 9.59 Å². The number of aryl methyl sites for hydroxylation is 1. The Kier molecular flexibility index (Phi) is 6.34. The average molecular weight is 408 g/mol. The van der Waals surface area contributed by atoms with Gasteiger partial charge in [0.25, 0.3) is 5.91 Å². The molecule has 8 heteroatoms. The first-order chi connectivity index (χ1) is 13.0. The fourth-order valence-electron chi connectivity index (χ4n) is 3.08. The topological polar surface area (TPSA) is 71.5 Å². The fraction of sp³-hybridized carbons (Fsp3) is 0.421. The first-order valence-corrected chi connectivity index (χ1v) is 10.0. The SMILES string of the molecule is CNC(=O)C1CCN(C(=O)c2sc(COc3ccc(Cl)cc3)nc2C)CC1. The van der Waals surface area contributed by atoms with Crippen LogP contribution in [0.5, 0.6) is 5.75 Å². The van der Waals surface area contributed by atoms with Crippen LogP contribution < -0.4 is 10.1 Å². The molecule has 2 amide bonds. The lowest BCUT2D eigenvalue weighted by molar-refractivity contribution is -0.125. The number of likely N-dealkylation sites (tertiary alicyclic amines) is 1. The molecule has 1 N–H and O–H groups in total. The van der Waals surface area contributed by atoms with Gasteiger partial charge < -0.3 is 15.0 Å². The third kappa shape index (κ3) is 4.78. The van der Waals surface area contributed by atoms with Gasteiger partial charge in [-0.05, 0) is 44.0 Å². The van der Waals surface area contributed by atoms with Crippen LogP contribution in [0.2, 0.25) is 5.02 Å². The second kappa shape index (κ2) is 8.71. The highest BCUT2D eigenvalue weighted by atomic mass is 35.5. The van der Waals surface area contributed by atoms with E-state index in [1.54, 1.807) is 31.3 Å². The Bertz CT molecular complexity index is 814. The minimum atomic E-state index is -0.0156. The van der Waals surface area contributed by atoms with Crippen LogP contribution in [0, 0.1) is 12.8 Å². The number of nitrogens with zero attached hydrogens (tertiary/aromatic N) is 2. The molecule has 27 heavy (non-hydrogen) atoms. The number of carbonyl (C=O) groups excluding carboxylic acids is 2. The van der Waals surface area contributed by atoms with Gasteiger partial charge in [-0.3, -0.25) is 9.59 Å². The molecule has 0 bridgehead atoms. The Morgan fingerprint density at radius 2 is 1.96 bits per heavy atom. The van der Waals surface area contributed by atoms with Gasteiger partial charge in [0.15, 0.2) is 0 Å². The predicted molar refractivity (Wildman–Crippen MR) is 105 cm³/mol. The van der Waals surface area contributed by atoms with Crippen LogP contribution >= 0.6 is 22.9 Å². The molecule has 3 rings (SSSR count). The third-order valence-electron chi connectivity index (χ3n) is 4.61. The number of piperidine rings is 1. The zero-order valence-electron chi connectivity index (χ0n) is 15.3. The summed E-state index contributed by atoms with van der Waals surface area (Å²) in [6.45, 7) is 3.32. The molecule has 1 aromatic heterocycles. The van der Waals surface area contributed by atoms with Crippen LogP contribution in [-0.4, -0.2) is 41.8 Å². The van der Waals surface area contributed by atoms with Crippen LogP contribution in [-0.2, 0) is 11.4 Å². The molecular weight excluding hydrogens is 386 g/mol. The smallest absolute Gasteiger partial charge is 0.265 e. The fourth-order valence-corrected chi connectivity index (χ4v) is 4.15. The number of ether oxygens (including phenoxy) is 1. The highest BCUT2D eigenvalue weighted by Gasteiger charge is 2.29. The summed E-state index contributed by atoms with van der Waals surface area (Å²) in [5.41, 5.74) is 0.716. The van der Waals surface area contributed by atoms with Gasteiger partial charge in [-0.15, -0.1) is 11.3 Å². The standard InChI is InChI=1S/C19H22ClN3O3S/c1-12-17(19(25)23-9-7-13(8-10-23)18(24)21-2)27-16(22-12)11-26-15-5-3-14(20)4-6-15/h3-6,13H,7-11H2,1-2H3,(H,21,24). The number of thiazole rings is 1. The lowest BCUT2D eigenvalue weighted by Crippen LogP contribution is -2.42. The molecule has 1 saturated heterocycles. The second-order valence-electron chi connectivity index (χ2n) is 6.45. The maximum absolute atomic E-state index is 12.8. The van der Waals surface area contributed by atoms with Gasteiger partial charge in [0.2, 0.25) is 5.91 Å². The van der Waals surface area contributed by atoms with Crippen molar-refractivity contribution in [2.45, 2.75) is 26.4 Å². The molecule has 2 aromatic rings. The minimum absolute atomic E-state index is 0.00931. The van der Waals surface area contributed by atoms with Crippen molar-refractivity contribution in [2.75, 3.05) is 20.1 Å². The number of hydrogen-bond donors (Lipinski definition) is 1. The summed E-state index contributed by atoms with van der Waals surface area (Å²) in [5.74, 6) is 0.733. The van der Waals surface area contributed by atoms with Gasteiger partial charge in [-0.1, -0.05) is 11.6 Å². The normalized spacial score (nSPS) is 14.9. The zero-order valence-corrected chi connectivity index (χ0v) is 16.9. The lowest BCUT2D eigenvalue weighted by atomic mass is 9.96. The molecule has 1 aliphatic heterocycles. The number of rotatable bonds is 5. The van der Waals surface area contributed by atoms with E-state index in [0.717, 1.165) is 5.01 Å². The molecular formula is C19H22ClN3O3S. The van der Waals surface area contributed by atoms with Crippen LogP contribution in [0.3, 0.4) is 0 Å². The molecule has 6 nitrogen and oxygen atoms in total. The number of aromatic nitrogens is 1. The molecule has 1 aliphatic rings. The number of amides is 2. The van der Waals surface area contributed by atoms with Gasteiger partial charge in [0, 0.05) is 31.1 Å². The van der Waals surface area contributed by atoms with Gasteiger partial charge >= 0.3 is 0 Å². The summed E-state index contributed by atoms with van der Waals surface area (Å²) in [4.78, 5) is 31.5. The third-order valence-corrected chi connectivity index (χ3v) is 5.98. The molecule has 0 atom stereocenters. The van der Waals surface area contributed by atoms with E-state index < -0.39 is 0 Å². The number of carbonyl (C=O) groups is 2. The largest absolute Gasteiger partial charge is 0.486 e. The molecule has 0 radical (unpaired) electrons. The Labute approximate surface area is 167 Å². The van der Waals surface area contributed by atoms with Crippen LogP contribution in [0.15, 0.2) is 24.3 Å². The molecule has 1 fully saturated rings. The average Bonchev–Trinajstić information content (AvgIpc) is 3.07. The Hall–Kier alpha value is -2.12. The summed E-state index contributed by atoms with van der Waals surface area (Å²) in [6, 6.07) is 7.12. The number of nitrogens with one attached hydrogen (secondary N) is 1. The molecule has 144 valence electrons. The highest BCUT2D eigenvalue weighted by molar-refractivity contribution is 7.13. The van der Waals surface area contributed by atoms with Gasteiger partial charge in [0.05, 0.1) is 5.69 Å². The van der Waals surface area contributed by atoms with E-state index in [2.05, 4.69) is 10.3 Å². The predicted octanol–water partition coefficient (Wildman–Crippen LogP) is 3.28. The highest BCUT2D eigenvalue weighted by Crippen LogP contribution is 2.25. The van der Waals surface area contributed by atoms with Crippen molar-refractivity contribution in [1.82, 2.24) is 15.2 Å². The van der Waals surface area contributed by atoms with E-state index >= 15 is 0 Å².